The second-order valence-corrected chi connectivity index (χ2v) is 5.36. The quantitative estimate of drug-likeness (QED) is 0.732. The minimum Gasteiger partial charge on any atom is -0.493 e. The molecule has 0 heterocycles. The largest absolute Gasteiger partial charge is 0.493 e. The molecule has 0 radical (unpaired) electrons. The molecular weight excluding hydrogens is 316 g/mol. The van der Waals surface area contributed by atoms with E-state index in [1.165, 1.54) is 16.7 Å². The number of hydrogen-bond acceptors (Lipinski definition) is 2. The van der Waals surface area contributed by atoms with Crippen LogP contribution >= 0.6 is 15.9 Å². The normalized spacial score (nSPS) is 10.4. The van der Waals surface area contributed by atoms with Gasteiger partial charge in [0.2, 0.25) is 0 Å². The van der Waals surface area contributed by atoms with Crippen LogP contribution in [0.3, 0.4) is 0 Å². The predicted octanol–water partition coefficient (Wildman–Crippen LogP) is 4.79. The molecule has 2 aromatic rings. The Morgan fingerprint density at radius 2 is 1.85 bits per heavy atom. The zero-order valence-electron chi connectivity index (χ0n) is 12.1. The van der Waals surface area contributed by atoms with Crippen LogP contribution in [-0.2, 0) is 11.9 Å². The maximum atomic E-state index is 6.02. The Bertz CT molecular complexity index is 571. The third kappa shape index (κ3) is 3.34. The standard InChI is InChI=1S/C17H19BrO2/c1-12-7-8-13(2)15(9-12)11-20-17-14(10-18)5-4-6-16(17)19-3/h4-9H,10-11H2,1-3H3. The molecule has 2 nitrogen and oxygen atoms in total. The molecule has 0 bridgehead atoms. The van der Waals surface area contributed by atoms with E-state index in [0.29, 0.717) is 6.61 Å². The Morgan fingerprint density at radius 1 is 1.05 bits per heavy atom. The van der Waals surface area contributed by atoms with Crippen LogP contribution in [0.5, 0.6) is 11.5 Å². The first-order valence-electron chi connectivity index (χ1n) is 6.56. The lowest BCUT2D eigenvalue weighted by molar-refractivity contribution is 0.281. The molecule has 0 aromatic heterocycles. The molecule has 0 aliphatic rings. The lowest BCUT2D eigenvalue weighted by atomic mass is 10.1. The molecule has 106 valence electrons. The number of hydrogen-bond donors (Lipinski definition) is 0. The lowest BCUT2D eigenvalue weighted by Gasteiger charge is -2.15. The third-order valence-corrected chi connectivity index (χ3v) is 3.91. The highest BCUT2D eigenvalue weighted by Gasteiger charge is 2.10. The minimum atomic E-state index is 0.549. The van der Waals surface area contributed by atoms with Crippen LogP contribution in [0.2, 0.25) is 0 Å². The Labute approximate surface area is 128 Å². The number of rotatable bonds is 5. The second-order valence-electron chi connectivity index (χ2n) is 4.80. The van der Waals surface area contributed by atoms with E-state index in [4.69, 9.17) is 9.47 Å². The Kier molecular flexibility index (Phi) is 5.07. The summed E-state index contributed by atoms with van der Waals surface area (Å²) in [5.41, 5.74) is 4.78. The van der Waals surface area contributed by atoms with E-state index in [1.807, 2.05) is 18.2 Å². The van der Waals surface area contributed by atoms with Gasteiger partial charge in [0.15, 0.2) is 11.5 Å². The molecule has 0 aliphatic carbocycles. The Morgan fingerprint density at radius 3 is 2.55 bits per heavy atom. The van der Waals surface area contributed by atoms with Crippen LogP contribution in [0.1, 0.15) is 22.3 Å². The molecule has 0 atom stereocenters. The molecule has 0 N–H and O–H groups in total. The summed E-state index contributed by atoms with van der Waals surface area (Å²) in [5.74, 6) is 1.58. The molecule has 0 spiro atoms. The highest BCUT2D eigenvalue weighted by molar-refractivity contribution is 9.08. The van der Waals surface area contributed by atoms with Crippen LogP contribution in [0.25, 0.3) is 0 Å². The van der Waals surface area contributed by atoms with Crippen molar-refractivity contribution >= 4 is 15.9 Å². The van der Waals surface area contributed by atoms with Crippen LogP contribution < -0.4 is 9.47 Å². The molecule has 0 saturated carbocycles. The molecule has 0 amide bonds. The van der Waals surface area contributed by atoms with Crippen molar-refractivity contribution in [3.63, 3.8) is 0 Å². The molecule has 20 heavy (non-hydrogen) atoms. The predicted molar refractivity (Wildman–Crippen MR) is 85.9 cm³/mol. The van der Waals surface area contributed by atoms with E-state index >= 15 is 0 Å². The topological polar surface area (TPSA) is 18.5 Å². The fourth-order valence-electron chi connectivity index (χ4n) is 2.10. The zero-order valence-corrected chi connectivity index (χ0v) is 13.7. The van der Waals surface area contributed by atoms with Crippen molar-refractivity contribution in [2.45, 2.75) is 25.8 Å². The van der Waals surface area contributed by atoms with Crippen molar-refractivity contribution in [1.82, 2.24) is 0 Å². The van der Waals surface area contributed by atoms with Gasteiger partial charge in [-0.2, -0.15) is 0 Å². The van der Waals surface area contributed by atoms with Gasteiger partial charge in [0.1, 0.15) is 6.61 Å². The van der Waals surface area contributed by atoms with Gasteiger partial charge in [-0.25, -0.2) is 0 Å². The molecule has 2 aromatic carbocycles. The SMILES string of the molecule is COc1cccc(CBr)c1OCc1cc(C)ccc1C. The highest BCUT2D eigenvalue weighted by atomic mass is 79.9. The van der Waals surface area contributed by atoms with E-state index in [-0.39, 0.29) is 0 Å². The first-order chi connectivity index (χ1) is 9.65. The van der Waals surface area contributed by atoms with E-state index in [2.05, 4.69) is 48.0 Å². The van der Waals surface area contributed by atoms with Crippen LogP contribution in [0.15, 0.2) is 36.4 Å². The van der Waals surface area contributed by atoms with Gasteiger partial charge in [0.05, 0.1) is 7.11 Å². The monoisotopic (exact) mass is 334 g/mol. The van der Waals surface area contributed by atoms with Gasteiger partial charge < -0.3 is 9.47 Å². The number of halogens is 1. The van der Waals surface area contributed by atoms with Crippen molar-refractivity contribution in [3.05, 3.63) is 58.7 Å². The van der Waals surface area contributed by atoms with E-state index in [9.17, 15) is 0 Å². The molecule has 0 unspecified atom stereocenters. The summed E-state index contributed by atoms with van der Waals surface area (Å²) < 4.78 is 11.4. The number of para-hydroxylation sites is 1. The molecule has 0 fully saturated rings. The second kappa shape index (κ2) is 6.80. The lowest BCUT2D eigenvalue weighted by Crippen LogP contribution is -2.02. The fraction of sp³-hybridized carbons (Fsp3) is 0.294. The van der Waals surface area contributed by atoms with Crippen molar-refractivity contribution < 1.29 is 9.47 Å². The minimum absolute atomic E-state index is 0.549. The summed E-state index contributed by atoms with van der Waals surface area (Å²) in [6, 6.07) is 12.3. The van der Waals surface area contributed by atoms with Gasteiger partial charge >= 0.3 is 0 Å². The van der Waals surface area contributed by atoms with Crippen molar-refractivity contribution in [1.29, 1.82) is 0 Å². The van der Waals surface area contributed by atoms with Crippen molar-refractivity contribution in [2.75, 3.05) is 7.11 Å². The maximum Gasteiger partial charge on any atom is 0.165 e. The molecular formula is C17H19BrO2. The Hall–Kier alpha value is -1.48. The van der Waals surface area contributed by atoms with Crippen molar-refractivity contribution in [3.8, 4) is 11.5 Å². The van der Waals surface area contributed by atoms with Gasteiger partial charge in [-0.1, -0.05) is 51.8 Å². The smallest absolute Gasteiger partial charge is 0.165 e. The van der Waals surface area contributed by atoms with Crippen LogP contribution in [0.4, 0.5) is 0 Å². The molecule has 0 saturated heterocycles. The first kappa shape index (κ1) is 14.9. The van der Waals surface area contributed by atoms with E-state index < -0.39 is 0 Å². The molecule has 0 aliphatic heterocycles. The van der Waals surface area contributed by atoms with Crippen LogP contribution in [-0.4, -0.2) is 7.11 Å². The molecule has 3 heteroatoms. The number of benzene rings is 2. The summed E-state index contributed by atoms with van der Waals surface area (Å²) >= 11 is 3.49. The third-order valence-electron chi connectivity index (χ3n) is 3.30. The number of ether oxygens (including phenoxy) is 2. The number of aryl methyl sites for hydroxylation is 2. The van der Waals surface area contributed by atoms with Gasteiger partial charge in [-0.15, -0.1) is 0 Å². The maximum absolute atomic E-state index is 6.02. The Balaban J connectivity index is 2.24. The van der Waals surface area contributed by atoms with E-state index in [1.54, 1.807) is 7.11 Å². The summed E-state index contributed by atoms with van der Waals surface area (Å²) in [6.45, 7) is 4.75. The van der Waals surface area contributed by atoms with Gasteiger partial charge in [-0.05, 0) is 31.0 Å². The highest BCUT2D eigenvalue weighted by Crippen LogP contribution is 2.33. The van der Waals surface area contributed by atoms with Crippen molar-refractivity contribution in [2.24, 2.45) is 0 Å². The number of methoxy groups -OCH3 is 1. The average Bonchev–Trinajstić information content (AvgIpc) is 2.47. The average molecular weight is 335 g/mol. The van der Waals surface area contributed by atoms with E-state index in [0.717, 1.165) is 22.4 Å². The van der Waals surface area contributed by atoms with Gasteiger partial charge in [0.25, 0.3) is 0 Å². The van der Waals surface area contributed by atoms with Gasteiger partial charge in [0, 0.05) is 10.9 Å². The zero-order chi connectivity index (χ0) is 14.5. The summed E-state index contributed by atoms with van der Waals surface area (Å²) in [6.07, 6.45) is 0. The summed E-state index contributed by atoms with van der Waals surface area (Å²) in [5, 5.41) is 0.742. The summed E-state index contributed by atoms with van der Waals surface area (Å²) in [7, 11) is 1.66. The molecule has 2 rings (SSSR count). The summed E-state index contributed by atoms with van der Waals surface area (Å²) in [4.78, 5) is 0. The number of alkyl halides is 1. The van der Waals surface area contributed by atoms with Crippen LogP contribution in [0, 0.1) is 13.8 Å². The van der Waals surface area contributed by atoms with Gasteiger partial charge in [-0.3, -0.25) is 0 Å². The fourth-order valence-corrected chi connectivity index (χ4v) is 2.54. The first-order valence-corrected chi connectivity index (χ1v) is 7.68.